The van der Waals surface area contributed by atoms with E-state index >= 15 is 0 Å². The van der Waals surface area contributed by atoms with Crippen LogP contribution >= 0.6 is 0 Å². The summed E-state index contributed by atoms with van der Waals surface area (Å²) in [6.07, 6.45) is 0. The van der Waals surface area contributed by atoms with E-state index in [1.807, 2.05) is 84.9 Å². The number of rotatable bonds is 4. The third kappa shape index (κ3) is 4.20. The maximum Gasteiger partial charge on any atom is 0.494 e. The molecule has 0 saturated carbocycles. The molecule has 5 nitrogen and oxygen atoms in total. The van der Waals surface area contributed by atoms with Gasteiger partial charge in [-0.15, -0.1) is 0 Å². The summed E-state index contributed by atoms with van der Waals surface area (Å²) in [4.78, 5) is 14.4. The molecule has 0 atom stereocenters. The van der Waals surface area contributed by atoms with Gasteiger partial charge in [0.15, 0.2) is 17.5 Å². The molecule has 1 fully saturated rings. The minimum absolute atomic E-state index is 0.401. The Bertz CT molecular complexity index is 1200. The molecule has 0 N–H and O–H groups in total. The van der Waals surface area contributed by atoms with Gasteiger partial charge in [-0.05, 0) is 33.2 Å². The van der Waals surface area contributed by atoms with Gasteiger partial charge in [-0.25, -0.2) is 15.0 Å². The van der Waals surface area contributed by atoms with Crippen molar-refractivity contribution in [1.29, 1.82) is 0 Å². The lowest BCUT2D eigenvalue weighted by Crippen LogP contribution is -2.41. The molecule has 1 aromatic heterocycles. The quantitative estimate of drug-likeness (QED) is 0.414. The third-order valence-electron chi connectivity index (χ3n) is 6.37. The number of nitrogens with zero attached hydrogens (tertiary/aromatic N) is 3. The Morgan fingerprint density at radius 3 is 1.45 bits per heavy atom. The smallest absolute Gasteiger partial charge is 0.399 e. The molecule has 0 radical (unpaired) electrons. The predicted molar refractivity (Wildman–Crippen MR) is 132 cm³/mol. The van der Waals surface area contributed by atoms with E-state index in [1.54, 1.807) is 0 Å². The van der Waals surface area contributed by atoms with Crippen LogP contribution in [-0.2, 0) is 9.31 Å². The normalized spacial score (nSPS) is 16.7. The van der Waals surface area contributed by atoms with Crippen molar-refractivity contribution < 1.29 is 9.31 Å². The minimum Gasteiger partial charge on any atom is -0.399 e. The number of aromatic nitrogens is 3. The van der Waals surface area contributed by atoms with Gasteiger partial charge in [0.2, 0.25) is 0 Å². The Labute approximate surface area is 195 Å². The van der Waals surface area contributed by atoms with E-state index in [9.17, 15) is 0 Å². The molecule has 0 bridgehead atoms. The van der Waals surface area contributed by atoms with Crippen LogP contribution in [0.15, 0.2) is 84.9 Å². The first-order valence-corrected chi connectivity index (χ1v) is 11.2. The van der Waals surface area contributed by atoms with Crippen molar-refractivity contribution in [2.45, 2.75) is 38.9 Å². The molecule has 2 heterocycles. The summed E-state index contributed by atoms with van der Waals surface area (Å²) in [6, 6.07) is 28.0. The van der Waals surface area contributed by atoms with Crippen molar-refractivity contribution in [3.05, 3.63) is 84.9 Å². The second-order valence-corrected chi connectivity index (χ2v) is 9.25. The van der Waals surface area contributed by atoms with Crippen molar-refractivity contribution in [1.82, 2.24) is 15.0 Å². The molecule has 0 aliphatic carbocycles. The van der Waals surface area contributed by atoms with Crippen molar-refractivity contribution in [3.63, 3.8) is 0 Å². The molecule has 1 saturated heterocycles. The average molecular weight is 435 g/mol. The molecule has 33 heavy (non-hydrogen) atoms. The molecule has 164 valence electrons. The van der Waals surface area contributed by atoms with Crippen LogP contribution in [0.5, 0.6) is 0 Å². The lowest BCUT2D eigenvalue weighted by molar-refractivity contribution is 0.00578. The zero-order valence-electron chi connectivity index (χ0n) is 19.3. The molecule has 0 unspecified atom stereocenters. The summed E-state index contributed by atoms with van der Waals surface area (Å²) in [5, 5.41) is 0. The molecule has 4 aromatic rings. The van der Waals surface area contributed by atoms with Crippen LogP contribution < -0.4 is 5.46 Å². The Morgan fingerprint density at radius 1 is 0.545 bits per heavy atom. The predicted octanol–water partition coefficient (Wildman–Crippen LogP) is 5.17. The second-order valence-electron chi connectivity index (χ2n) is 9.25. The number of benzene rings is 3. The van der Waals surface area contributed by atoms with E-state index in [2.05, 4.69) is 27.7 Å². The summed E-state index contributed by atoms with van der Waals surface area (Å²) in [5.74, 6) is 1.89. The fourth-order valence-electron chi connectivity index (χ4n) is 3.74. The van der Waals surface area contributed by atoms with Crippen LogP contribution in [-0.4, -0.2) is 33.3 Å². The summed E-state index contributed by atoms with van der Waals surface area (Å²) in [6.45, 7) is 8.23. The van der Waals surface area contributed by atoms with Crippen LogP contribution in [0.4, 0.5) is 0 Å². The van der Waals surface area contributed by atoms with Gasteiger partial charge in [0.05, 0.1) is 11.2 Å². The van der Waals surface area contributed by atoms with Crippen molar-refractivity contribution in [2.24, 2.45) is 0 Å². The van der Waals surface area contributed by atoms with Crippen LogP contribution in [0.3, 0.4) is 0 Å². The van der Waals surface area contributed by atoms with E-state index < -0.39 is 18.3 Å². The summed E-state index contributed by atoms with van der Waals surface area (Å²) < 4.78 is 12.5. The van der Waals surface area contributed by atoms with Crippen LogP contribution in [0.25, 0.3) is 34.2 Å². The standard InChI is InChI=1S/C27H26BN3O2/c1-26(2)27(3,4)33-28(32-26)22-17-11-16-21(18-22)25-30-23(19-12-7-5-8-13-19)29-24(31-25)20-14-9-6-10-15-20/h5-18H,1-4H3. The zero-order chi connectivity index (χ0) is 23.1. The third-order valence-corrected chi connectivity index (χ3v) is 6.37. The minimum atomic E-state index is -0.445. The fourth-order valence-corrected chi connectivity index (χ4v) is 3.74. The number of hydrogen-bond donors (Lipinski definition) is 0. The Balaban J connectivity index is 1.59. The largest absolute Gasteiger partial charge is 0.494 e. The highest BCUT2D eigenvalue weighted by molar-refractivity contribution is 6.62. The molecule has 5 rings (SSSR count). The van der Waals surface area contributed by atoms with Gasteiger partial charge < -0.3 is 9.31 Å². The van der Waals surface area contributed by atoms with Crippen LogP contribution in [0.2, 0.25) is 0 Å². The van der Waals surface area contributed by atoms with E-state index in [4.69, 9.17) is 24.3 Å². The van der Waals surface area contributed by atoms with Gasteiger partial charge >= 0.3 is 7.12 Å². The molecular formula is C27H26BN3O2. The molecule has 6 heteroatoms. The van der Waals surface area contributed by atoms with E-state index in [0.29, 0.717) is 17.5 Å². The lowest BCUT2D eigenvalue weighted by Gasteiger charge is -2.32. The van der Waals surface area contributed by atoms with E-state index in [0.717, 1.165) is 22.2 Å². The highest BCUT2D eigenvalue weighted by Crippen LogP contribution is 2.36. The van der Waals surface area contributed by atoms with Gasteiger partial charge in [0.25, 0.3) is 0 Å². The SMILES string of the molecule is CC1(C)OB(c2cccc(-c3nc(-c4ccccc4)nc(-c4ccccc4)n3)c2)OC1(C)C. The molecule has 1 aliphatic heterocycles. The summed E-state index contributed by atoms with van der Waals surface area (Å²) in [5.41, 5.74) is 2.91. The first-order chi connectivity index (χ1) is 15.8. The Kier molecular flexibility index (Phi) is 5.35. The van der Waals surface area contributed by atoms with E-state index in [1.165, 1.54) is 0 Å². The van der Waals surface area contributed by atoms with Crippen molar-refractivity contribution in [3.8, 4) is 34.2 Å². The van der Waals surface area contributed by atoms with Gasteiger partial charge in [-0.3, -0.25) is 0 Å². The summed E-state index contributed by atoms with van der Waals surface area (Å²) in [7, 11) is -0.445. The van der Waals surface area contributed by atoms with E-state index in [-0.39, 0.29) is 0 Å². The highest BCUT2D eigenvalue weighted by atomic mass is 16.7. The lowest BCUT2D eigenvalue weighted by atomic mass is 9.78. The summed E-state index contributed by atoms with van der Waals surface area (Å²) >= 11 is 0. The van der Waals surface area contributed by atoms with Crippen LogP contribution in [0.1, 0.15) is 27.7 Å². The van der Waals surface area contributed by atoms with Crippen LogP contribution in [0, 0.1) is 0 Å². The molecular weight excluding hydrogens is 409 g/mol. The first-order valence-electron chi connectivity index (χ1n) is 11.2. The van der Waals surface area contributed by atoms with Gasteiger partial charge in [-0.1, -0.05) is 84.9 Å². The topological polar surface area (TPSA) is 57.1 Å². The molecule has 3 aromatic carbocycles. The Morgan fingerprint density at radius 2 is 0.970 bits per heavy atom. The van der Waals surface area contributed by atoms with Gasteiger partial charge in [0, 0.05) is 16.7 Å². The maximum absolute atomic E-state index is 6.25. The van der Waals surface area contributed by atoms with Crippen molar-refractivity contribution in [2.75, 3.05) is 0 Å². The van der Waals surface area contributed by atoms with Gasteiger partial charge in [-0.2, -0.15) is 0 Å². The van der Waals surface area contributed by atoms with Gasteiger partial charge in [0.1, 0.15) is 0 Å². The maximum atomic E-state index is 6.25. The molecule has 0 spiro atoms. The zero-order valence-corrected chi connectivity index (χ0v) is 19.3. The molecule has 0 amide bonds. The first kappa shape index (κ1) is 21.5. The fraction of sp³-hybridized carbons (Fsp3) is 0.222. The second kappa shape index (κ2) is 8.21. The number of hydrogen-bond acceptors (Lipinski definition) is 5. The highest BCUT2D eigenvalue weighted by Gasteiger charge is 2.51. The molecule has 1 aliphatic rings. The monoisotopic (exact) mass is 435 g/mol. The van der Waals surface area contributed by atoms with Crippen molar-refractivity contribution >= 4 is 12.6 Å². The average Bonchev–Trinajstić information content (AvgIpc) is 3.07. The Hall–Kier alpha value is -3.35.